The van der Waals surface area contributed by atoms with Crippen LogP contribution in [0, 0.1) is 0 Å². The van der Waals surface area contributed by atoms with Crippen LogP contribution < -0.4 is 11.1 Å². The van der Waals surface area contributed by atoms with Crippen molar-refractivity contribution >= 4 is 44.5 Å². The van der Waals surface area contributed by atoms with Crippen molar-refractivity contribution in [1.29, 1.82) is 0 Å². The van der Waals surface area contributed by atoms with E-state index in [2.05, 4.69) is 30.9 Å². The van der Waals surface area contributed by atoms with Crippen molar-refractivity contribution in [1.82, 2.24) is 50.7 Å². The van der Waals surface area contributed by atoms with Crippen LogP contribution in [0.15, 0.2) is 42.5 Å². The van der Waals surface area contributed by atoms with Gasteiger partial charge in [-0.3, -0.25) is 14.6 Å². The van der Waals surface area contributed by atoms with Crippen molar-refractivity contribution in [3.63, 3.8) is 0 Å². The highest BCUT2D eigenvalue weighted by Gasteiger charge is 2.52. The molecule has 0 spiro atoms. The number of hydrogen-bond acceptors (Lipinski definition) is 10. The molecule has 42 heavy (non-hydrogen) atoms. The van der Waals surface area contributed by atoms with Crippen LogP contribution in [0.2, 0.25) is 0 Å². The number of aromatic nitrogens is 5. The minimum absolute atomic E-state index is 0.0104. The van der Waals surface area contributed by atoms with Crippen LogP contribution in [0.1, 0.15) is 25.0 Å². The molecular weight excluding hydrogens is 558 g/mol. The standard InChI is InChI=1S/C27H31N11O3S/c1-15(2)38(27(41)29-3)36-14-22(39)37-19(11-16-7-9-17(10-8-16)24-31-33-34-32-24)25(40)35(13-21(36)37)12-18-5-4-6-20-23(18)30-26(28)42-20/h4-10,15,19,21H,11-14H2,1-3H3,(H2,28,30)(H,29,41)(H,31,32,33,34)/t19-,21+/m0/s1. The number of rotatable bonds is 7. The number of para-hydroxylation sites is 1. The van der Waals surface area contributed by atoms with Crippen molar-refractivity contribution in [3.8, 4) is 11.4 Å². The number of benzene rings is 2. The molecule has 4 heterocycles. The first-order valence-electron chi connectivity index (χ1n) is 13.6. The summed E-state index contributed by atoms with van der Waals surface area (Å²) in [5.41, 5.74) is 9.30. The SMILES string of the molecule is CNC(=O)N(C(C)C)N1CC(=O)N2[C@@H](Cc3ccc(-c4nnn[nH]4)cc3)C(=O)N(Cc3cccc4sc(N)nc34)C[C@@H]21. The second kappa shape index (κ2) is 11.0. The van der Waals surface area contributed by atoms with Crippen LogP contribution in [-0.2, 0) is 22.6 Å². The third kappa shape index (κ3) is 4.90. The predicted molar refractivity (Wildman–Crippen MR) is 155 cm³/mol. The number of tetrazole rings is 1. The molecule has 4 amide bonds. The molecule has 2 aromatic carbocycles. The maximum atomic E-state index is 14.2. The number of anilines is 1. The van der Waals surface area contributed by atoms with E-state index in [1.807, 2.05) is 56.3 Å². The van der Waals surface area contributed by atoms with E-state index in [9.17, 15) is 14.4 Å². The highest BCUT2D eigenvalue weighted by atomic mass is 32.1. The van der Waals surface area contributed by atoms with Gasteiger partial charge >= 0.3 is 6.03 Å². The van der Waals surface area contributed by atoms with Gasteiger partial charge < -0.3 is 20.9 Å². The van der Waals surface area contributed by atoms with Gasteiger partial charge in [0.15, 0.2) is 11.0 Å². The molecule has 6 rings (SSSR count). The number of hydrazine groups is 1. The largest absolute Gasteiger partial charge is 0.375 e. The van der Waals surface area contributed by atoms with E-state index in [0.717, 1.165) is 26.9 Å². The molecule has 0 aliphatic carbocycles. The number of H-pyrrole nitrogens is 1. The first-order chi connectivity index (χ1) is 20.2. The molecular formula is C27H31N11O3S. The Balaban J connectivity index is 1.35. The summed E-state index contributed by atoms with van der Waals surface area (Å²) in [5.74, 6) is 0.166. The number of nitrogens with one attached hydrogen (secondary N) is 2. The topological polar surface area (TPSA) is 170 Å². The van der Waals surface area contributed by atoms with Gasteiger partial charge in [-0.05, 0) is 41.5 Å². The van der Waals surface area contributed by atoms with Crippen molar-refractivity contribution in [2.45, 2.75) is 45.1 Å². The quantitative estimate of drug-likeness (QED) is 0.289. The Bertz CT molecular complexity index is 1620. The number of hydrogen-bond donors (Lipinski definition) is 3. The van der Waals surface area contributed by atoms with Crippen molar-refractivity contribution in [2.75, 3.05) is 25.9 Å². The predicted octanol–water partition coefficient (Wildman–Crippen LogP) is 1.45. The first kappa shape index (κ1) is 27.5. The fourth-order valence-corrected chi connectivity index (χ4v) is 6.57. The Kier molecular flexibility index (Phi) is 7.20. The fourth-order valence-electron chi connectivity index (χ4n) is 5.79. The third-order valence-corrected chi connectivity index (χ3v) is 8.49. The van der Waals surface area contributed by atoms with E-state index < -0.39 is 12.2 Å². The summed E-state index contributed by atoms with van der Waals surface area (Å²) in [6.07, 6.45) is -0.227. The summed E-state index contributed by atoms with van der Waals surface area (Å²) in [6, 6.07) is 12.1. The molecule has 2 saturated heterocycles. The number of carbonyl (C=O) groups excluding carboxylic acids is 3. The van der Waals surface area contributed by atoms with Gasteiger partial charge in [0.25, 0.3) is 0 Å². The maximum Gasteiger partial charge on any atom is 0.331 e. The van der Waals surface area contributed by atoms with Gasteiger partial charge in [0.1, 0.15) is 12.2 Å². The fraction of sp³-hybridized carbons (Fsp3) is 0.370. The summed E-state index contributed by atoms with van der Waals surface area (Å²) in [4.78, 5) is 48.6. The van der Waals surface area contributed by atoms with E-state index in [0.29, 0.717) is 23.9 Å². The number of urea groups is 1. The first-order valence-corrected chi connectivity index (χ1v) is 14.4. The summed E-state index contributed by atoms with van der Waals surface area (Å²) in [5, 5.41) is 20.4. The van der Waals surface area contributed by atoms with Gasteiger partial charge in [-0.1, -0.05) is 47.7 Å². The Morgan fingerprint density at radius 1 is 1.21 bits per heavy atom. The number of thiazole rings is 1. The summed E-state index contributed by atoms with van der Waals surface area (Å²) < 4.78 is 0.943. The summed E-state index contributed by atoms with van der Waals surface area (Å²) in [6.45, 7) is 4.30. The molecule has 2 atom stereocenters. The number of nitrogens with two attached hydrogens (primary N) is 1. The molecule has 2 fully saturated rings. The molecule has 4 N–H and O–H groups in total. The average Bonchev–Trinajstić information content (AvgIpc) is 3.71. The lowest BCUT2D eigenvalue weighted by Gasteiger charge is -2.47. The molecule has 15 heteroatoms. The Morgan fingerprint density at radius 2 is 2.00 bits per heavy atom. The van der Waals surface area contributed by atoms with Gasteiger partial charge in [-0.2, -0.15) is 5.01 Å². The molecule has 2 aliphatic heterocycles. The Hall–Kier alpha value is -4.63. The van der Waals surface area contributed by atoms with Crippen LogP contribution in [-0.4, -0.2) is 102 Å². The minimum atomic E-state index is -0.766. The lowest BCUT2D eigenvalue weighted by molar-refractivity contribution is -0.158. The molecule has 14 nitrogen and oxygen atoms in total. The van der Waals surface area contributed by atoms with Crippen LogP contribution >= 0.6 is 11.3 Å². The maximum absolute atomic E-state index is 14.2. The summed E-state index contributed by atoms with van der Waals surface area (Å²) >= 11 is 1.40. The van der Waals surface area contributed by atoms with Crippen LogP contribution in [0.5, 0.6) is 0 Å². The number of carbonyl (C=O) groups is 3. The molecule has 0 bridgehead atoms. The third-order valence-electron chi connectivity index (χ3n) is 7.64. The number of fused-ring (bicyclic) bond motifs is 2. The number of nitrogen functional groups attached to an aromatic ring is 1. The lowest BCUT2D eigenvalue weighted by Crippen LogP contribution is -2.66. The van der Waals surface area contributed by atoms with E-state index in [1.54, 1.807) is 26.9 Å². The van der Waals surface area contributed by atoms with Crippen LogP contribution in [0.3, 0.4) is 0 Å². The Labute approximate surface area is 245 Å². The van der Waals surface area contributed by atoms with E-state index in [1.165, 1.54) is 11.3 Å². The zero-order valence-electron chi connectivity index (χ0n) is 23.4. The van der Waals surface area contributed by atoms with Crippen molar-refractivity contribution in [3.05, 3.63) is 53.6 Å². The molecule has 0 unspecified atom stereocenters. The monoisotopic (exact) mass is 589 g/mol. The molecule has 0 saturated carbocycles. The highest BCUT2D eigenvalue weighted by molar-refractivity contribution is 7.22. The zero-order valence-corrected chi connectivity index (χ0v) is 24.2. The van der Waals surface area contributed by atoms with E-state index in [4.69, 9.17) is 5.73 Å². The number of amides is 4. The normalized spacial score (nSPS) is 19.1. The van der Waals surface area contributed by atoms with Crippen molar-refractivity contribution < 1.29 is 14.4 Å². The minimum Gasteiger partial charge on any atom is -0.375 e. The molecule has 2 aromatic heterocycles. The molecule has 0 radical (unpaired) electrons. The highest BCUT2D eigenvalue weighted by Crippen LogP contribution is 2.33. The van der Waals surface area contributed by atoms with E-state index in [-0.39, 0.29) is 37.0 Å². The van der Waals surface area contributed by atoms with Gasteiger partial charge in [-0.15, -0.1) is 5.10 Å². The lowest BCUT2D eigenvalue weighted by atomic mass is 9.99. The summed E-state index contributed by atoms with van der Waals surface area (Å²) in [7, 11) is 1.56. The molecule has 218 valence electrons. The van der Waals surface area contributed by atoms with Gasteiger partial charge in [-0.25, -0.2) is 14.9 Å². The molecule has 2 aliphatic rings. The van der Waals surface area contributed by atoms with Crippen molar-refractivity contribution in [2.24, 2.45) is 0 Å². The number of nitrogens with zero attached hydrogens (tertiary/aromatic N) is 8. The van der Waals surface area contributed by atoms with Gasteiger partial charge in [0.2, 0.25) is 11.8 Å². The second-order valence-corrected chi connectivity index (χ2v) is 11.6. The average molecular weight is 590 g/mol. The van der Waals surface area contributed by atoms with Crippen LogP contribution in [0.4, 0.5) is 9.93 Å². The van der Waals surface area contributed by atoms with E-state index >= 15 is 0 Å². The second-order valence-electron chi connectivity index (χ2n) is 10.6. The smallest absolute Gasteiger partial charge is 0.331 e. The van der Waals surface area contributed by atoms with Gasteiger partial charge in [0, 0.05) is 31.6 Å². The van der Waals surface area contributed by atoms with Gasteiger partial charge in [0.05, 0.1) is 23.3 Å². The Morgan fingerprint density at radius 3 is 2.69 bits per heavy atom. The zero-order chi connectivity index (χ0) is 29.5. The van der Waals surface area contributed by atoms with Crippen LogP contribution in [0.25, 0.3) is 21.6 Å². The molecule has 4 aromatic rings. The number of piperazine rings is 1. The number of aromatic amines is 1.